The van der Waals surface area contributed by atoms with Gasteiger partial charge in [-0.15, -0.1) is 0 Å². The average molecular weight is 427 g/mol. The van der Waals surface area contributed by atoms with Crippen LogP contribution in [0.25, 0.3) is 0 Å². The van der Waals surface area contributed by atoms with Crippen molar-refractivity contribution in [2.45, 2.75) is 36.2 Å². The van der Waals surface area contributed by atoms with Crippen LogP contribution < -0.4 is 10.2 Å². The third-order valence-corrected chi connectivity index (χ3v) is 6.15. The summed E-state index contributed by atoms with van der Waals surface area (Å²) in [4.78, 5) is 29.1. The van der Waals surface area contributed by atoms with Gasteiger partial charge in [0.25, 0.3) is 15.7 Å². The number of carbonyl (C=O) groups is 2. The molecule has 2 heterocycles. The van der Waals surface area contributed by atoms with Gasteiger partial charge >= 0.3 is 11.5 Å². The number of hydrogen-bond acceptors (Lipinski definition) is 5. The van der Waals surface area contributed by atoms with Crippen LogP contribution in [0.2, 0.25) is 0 Å². The zero-order valence-electron chi connectivity index (χ0n) is 15.3. The molecule has 1 saturated heterocycles. The second-order valence-corrected chi connectivity index (χ2v) is 8.77. The molecule has 0 bridgehead atoms. The Balaban J connectivity index is 1.90. The summed E-state index contributed by atoms with van der Waals surface area (Å²) in [6.07, 6.45) is 3.37. The fourth-order valence-electron chi connectivity index (χ4n) is 3.03. The zero-order valence-corrected chi connectivity index (χ0v) is 16.1. The Morgan fingerprint density at radius 2 is 1.76 bits per heavy atom. The van der Waals surface area contributed by atoms with E-state index in [1.807, 2.05) is 6.92 Å². The standard InChI is InChI=1S/C18H16F3N3O4S/c1-11-10-22-8-7-12(11)9-17(2)15(25)24(16(26)23-17)13-3-5-14(6-4-13)29(27,28)18(19,20)21/h3-8,10H,9H2,1-2H3,(H,23,26)/t17-/m0/s1. The highest BCUT2D eigenvalue weighted by Crippen LogP contribution is 2.33. The predicted octanol–water partition coefficient (Wildman–Crippen LogP) is 2.74. The number of nitrogens with one attached hydrogen (secondary N) is 1. The number of urea groups is 1. The number of aromatic nitrogens is 1. The van der Waals surface area contributed by atoms with E-state index in [2.05, 4.69) is 10.3 Å². The molecule has 2 aromatic rings. The first-order chi connectivity index (χ1) is 13.4. The summed E-state index contributed by atoms with van der Waals surface area (Å²) in [5.74, 6) is -0.606. The van der Waals surface area contributed by atoms with E-state index in [9.17, 15) is 31.2 Å². The van der Waals surface area contributed by atoms with Gasteiger partial charge in [-0.25, -0.2) is 18.1 Å². The summed E-state index contributed by atoms with van der Waals surface area (Å²) < 4.78 is 60.9. The smallest absolute Gasteiger partial charge is 0.323 e. The van der Waals surface area contributed by atoms with Crippen LogP contribution in [0.5, 0.6) is 0 Å². The van der Waals surface area contributed by atoms with Gasteiger partial charge in [-0.05, 0) is 55.3 Å². The van der Waals surface area contributed by atoms with Crippen LogP contribution in [0.15, 0.2) is 47.6 Å². The van der Waals surface area contributed by atoms with E-state index in [1.165, 1.54) is 6.92 Å². The Labute approximate surface area is 164 Å². The molecule has 0 saturated carbocycles. The molecule has 1 N–H and O–H groups in total. The molecule has 3 rings (SSSR count). The summed E-state index contributed by atoms with van der Waals surface area (Å²) in [6.45, 7) is 3.35. The highest BCUT2D eigenvalue weighted by Gasteiger charge is 2.49. The third-order valence-electron chi connectivity index (χ3n) is 4.65. The van der Waals surface area contributed by atoms with Crippen LogP contribution in [0.3, 0.4) is 0 Å². The first-order valence-electron chi connectivity index (χ1n) is 8.34. The minimum absolute atomic E-state index is 0.0381. The maximum absolute atomic E-state index is 12.9. The van der Waals surface area contributed by atoms with Crippen LogP contribution >= 0.6 is 0 Å². The fourth-order valence-corrected chi connectivity index (χ4v) is 3.79. The second-order valence-electron chi connectivity index (χ2n) is 6.82. The van der Waals surface area contributed by atoms with Gasteiger partial charge in [0.2, 0.25) is 0 Å². The van der Waals surface area contributed by atoms with E-state index in [4.69, 9.17) is 0 Å². The maximum atomic E-state index is 12.9. The summed E-state index contributed by atoms with van der Waals surface area (Å²) in [7, 11) is -5.52. The van der Waals surface area contributed by atoms with Crippen LogP contribution in [0, 0.1) is 6.92 Å². The van der Waals surface area contributed by atoms with E-state index < -0.39 is 37.7 Å². The molecule has 1 fully saturated rings. The molecular formula is C18H16F3N3O4S. The zero-order chi connectivity index (χ0) is 21.6. The molecule has 3 amide bonds. The number of carbonyl (C=O) groups excluding carboxylic acids is 2. The van der Waals surface area contributed by atoms with Gasteiger partial charge in [-0.1, -0.05) is 0 Å². The van der Waals surface area contributed by atoms with Crippen LogP contribution in [0.1, 0.15) is 18.1 Å². The number of pyridine rings is 1. The van der Waals surface area contributed by atoms with Crippen LogP contribution in [-0.4, -0.2) is 36.4 Å². The van der Waals surface area contributed by atoms with Crippen molar-refractivity contribution in [1.82, 2.24) is 10.3 Å². The van der Waals surface area contributed by atoms with Crippen LogP contribution in [0.4, 0.5) is 23.7 Å². The number of halogens is 3. The minimum atomic E-state index is -5.52. The second kappa shape index (κ2) is 6.83. The first-order valence-corrected chi connectivity index (χ1v) is 9.83. The number of sulfone groups is 1. The largest absolute Gasteiger partial charge is 0.501 e. The van der Waals surface area contributed by atoms with Crippen molar-refractivity contribution in [3.05, 3.63) is 53.9 Å². The topological polar surface area (TPSA) is 96.4 Å². The lowest BCUT2D eigenvalue weighted by atomic mass is 9.91. The molecule has 7 nitrogen and oxygen atoms in total. The Morgan fingerprint density at radius 1 is 1.14 bits per heavy atom. The lowest BCUT2D eigenvalue weighted by Crippen LogP contribution is -2.46. The molecule has 11 heteroatoms. The summed E-state index contributed by atoms with van der Waals surface area (Å²) >= 11 is 0. The molecule has 0 radical (unpaired) electrons. The molecule has 1 atom stereocenters. The molecule has 29 heavy (non-hydrogen) atoms. The summed E-state index contributed by atoms with van der Waals surface area (Å²) in [5.41, 5.74) is -5.14. The van der Waals surface area contributed by atoms with Crippen molar-refractivity contribution in [2.24, 2.45) is 0 Å². The number of nitrogens with zero attached hydrogens (tertiary/aromatic N) is 2. The molecule has 1 aromatic carbocycles. The minimum Gasteiger partial charge on any atom is -0.323 e. The number of imide groups is 1. The molecule has 1 aliphatic rings. The van der Waals surface area contributed by atoms with Crippen LogP contribution in [-0.2, 0) is 21.1 Å². The number of benzene rings is 1. The third kappa shape index (κ3) is 3.57. The number of aryl methyl sites for hydroxylation is 1. The van der Waals surface area contributed by atoms with E-state index in [0.717, 1.165) is 28.2 Å². The Morgan fingerprint density at radius 3 is 2.31 bits per heavy atom. The van der Waals surface area contributed by atoms with Crippen molar-refractivity contribution < 1.29 is 31.2 Å². The lowest BCUT2D eigenvalue weighted by Gasteiger charge is -2.22. The highest BCUT2D eigenvalue weighted by molar-refractivity contribution is 7.92. The molecular weight excluding hydrogens is 411 g/mol. The Hall–Kier alpha value is -2.95. The van der Waals surface area contributed by atoms with E-state index in [1.54, 1.807) is 18.5 Å². The summed E-state index contributed by atoms with van der Waals surface area (Å²) in [5, 5.41) is 2.59. The highest BCUT2D eigenvalue weighted by atomic mass is 32.2. The normalized spacial score (nSPS) is 20.1. The Bertz CT molecular complexity index is 1080. The van der Waals surface area contributed by atoms with Gasteiger partial charge < -0.3 is 5.32 Å². The molecule has 154 valence electrons. The van der Waals surface area contributed by atoms with E-state index >= 15 is 0 Å². The van der Waals surface area contributed by atoms with Gasteiger partial charge in [0.05, 0.1) is 10.6 Å². The van der Waals surface area contributed by atoms with Crippen molar-refractivity contribution >= 4 is 27.5 Å². The first kappa shape index (κ1) is 20.8. The predicted molar refractivity (Wildman–Crippen MR) is 96.8 cm³/mol. The monoisotopic (exact) mass is 427 g/mol. The van der Waals surface area contributed by atoms with Crippen molar-refractivity contribution in [2.75, 3.05) is 4.90 Å². The molecule has 0 spiro atoms. The number of hydrogen-bond donors (Lipinski definition) is 1. The van der Waals surface area contributed by atoms with E-state index in [0.29, 0.717) is 12.1 Å². The molecule has 0 unspecified atom stereocenters. The number of alkyl halides is 3. The van der Waals surface area contributed by atoms with Gasteiger partial charge in [0, 0.05) is 18.8 Å². The SMILES string of the molecule is Cc1cnccc1C[C@]1(C)NC(=O)N(c2ccc(S(=O)(=O)C(F)(F)F)cc2)C1=O. The number of anilines is 1. The van der Waals surface area contributed by atoms with Crippen molar-refractivity contribution in [1.29, 1.82) is 0 Å². The molecule has 1 aromatic heterocycles. The maximum Gasteiger partial charge on any atom is 0.501 e. The van der Waals surface area contributed by atoms with Gasteiger partial charge in [-0.3, -0.25) is 9.78 Å². The van der Waals surface area contributed by atoms with Crippen molar-refractivity contribution in [3.63, 3.8) is 0 Å². The van der Waals surface area contributed by atoms with E-state index in [-0.39, 0.29) is 12.1 Å². The lowest BCUT2D eigenvalue weighted by molar-refractivity contribution is -0.121. The number of rotatable bonds is 4. The quantitative estimate of drug-likeness (QED) is 0.757. The van der Waals surface area contributed by atoms with Gasteiger partial charge in [0.1, 0.15) is 5.54 Å². The Kier molecular flexibility index (Phi) is 4.89. The number of amides is 3. The van der Waals surface area contributed by atoms with Crippen molar-refractivity contribution in [3.8, 4) is 0 Å². The fraction of sp³-hybridized carbons (Fsp3) is 0.278. The summed E-state index contributed by atoms with van der Waals surface area (Å²) in [6, 6.07) is 4.36. The van der Waals surface area contributed by atoms with Gasteiger partial charge in [-0.2, -0.15) is 13.2 Å². The average Bonchev–Trinajstić information content (AvgIpc) is 2.85. The molecule has 0 aliphatic carbocycles. The molecule has 1 aliphatic heterocycles. The van der Waals surface area contributed by atoms with Gasteiger partial charge in [0.15, 0.2) is 0 Å².